The Labute approximate surface area is 187 Å². The predicted octanol–water partition coefficient (Wildman–Crippen LogP) is 4.68. The lowest BCUT2D eigenvalue weighted by atomic mass is 9.86. The zero-order valence-electron chi connectivity index (χ0n) is 20.7. The number of likely N-dealkylation sites (N-methyl/N-ethyl adjacent to an activating group) is 1. The van der Waals surface area contributed by atoms with Gasteiger partial charge < -0.3 is 19.6 Å². The van der Waals surface area contributed by atoms with Crippen LogP contribution in [0.3, 0.4) is 0 Å². The third kappa shape index (κ3) is 10.4. The van der Waals surface area contributed by atoms with Crippen molar-refractivity contribution in [2.24, 2.45) is 17.8 Å². The molecule has 2 saturated heterocycles. The average molecular weight is 426 g/mol. The van der Waals surface area contributed by atoms with E-state index in [2.05, 4.69) is 32.8 Å². The Morgan fingerprint density at radius 1 is 0.833 bits per heavy atom. The van der Waals surface area contributed by atoms with Gasteiger partial charge in [-0.3, -0.25) is 0 Å². The normalized spacial score (nSPS) is 28.7. The monoisotopic (exact) mass is 425 g/mol. The Kier molecular flexibility index (Phi) is 11.7. The van der Waals surface area contributed by atoms with Crippen LogP contribution in [0.25, 0.3) is 0 Å². The van der Waals surface area contributed by atoms with Crippen molar-refractivity contribution in [1.29, 1.82) is 0 Å². The quantitative estimate of drug-likeness (QED) is 0.332. The zero-order chi connectivity index (χ0) is 22.0. The van der Waals surface area contributed by atoms with Crippen molar-refractivity contribution in [2.45, 2.75) is 103 Å². The van der Waals surface area contributed by atoms with Crippen LogP contribution in [-0.4, -0.2) is 78.6 Å². The fraction of sp³-hybridized carbons (Fsp3) is 1.00. The van der Waals surface area contributed by atoms with Crippen molar-refractivity contribution in [2.75, 3.05) is 46.8 Å². The van der Waals surface area contributed by atoms with Crippen LogP contribution in [0.4, 0.5) is 0 Å². The summed E-state index contributed by atoms with van der Waals surface area (Å²) in [6.07, 6.45) is 14.2. The predicted molar refractivity (Wildman–Crippen MR) is 128 cm³/mol. The van der Waals surface area contributed by atoms with Crippen molar-refractivity contribution in [3.63, 3.8) is 0 Å². The Hall–Kier alpha value is -0.160. The molecule has 0 aromatic carbocycles. The van der Waals surface area contributed by atoms with E-state index in [1.807, 2.05) is 0 Å². The fourth-order valence-electron chi connectivity index (χ4n) is 5.78. The van der Waals surface area contributed by atoms with E-state index >= 15 is 0 Å². The second-order valence-corrected chi connectivity index (χ2v) is 11.6. The molecule has 2 N–H and O–H groups in total. The van der Waals surface area contributed by atoms with Gasteiger partial charge in [-0.1, -0.05) is 46.0 Å². The van der Waals surface area contributed by atoms with Gasteiger partial charge in [-0.15, -0.1) is 0 Å². The van der Waals surface area contributed by atoms with Gasteiger partial charge in [0.15, 0.2) is 0 Å². The van der Waals surface area contributed by atoms with E-state index in [0.29, 0.717) is 5.92 Å². The Morgan fingerprint density at radius 2 is 1.37 bits per heavy atom. The number of hydrogen-bond donors (Lipinski definition) is 2. The minimum Gasteiger partial charge on any atom is -0.393 e. The Morgan fingerprint density at radius 3 is 1.93 bits per heavy atom. The summed E-state index contributed by atoms with van der Waals surface area (Å²) < 4.78 is 1.06. The number of rotatable bonds is 13. The molecule has 0 saturated carbocycles. The van der Waals surface area contributed by atoms with Crippen molar-refractivity contribution >= 4 is 0 Å². The molecule has 2 fully saturated rings. The molecule has 2 heterocycles. The van der Waals surface area contributed by atoms with Crippen molar-refractivity contribution in [3.05, 3.63) is 0 Å². The Bertz CT molecular complexity index is 440. The van der Waals surface area contributed by atoms with E-state index in [0.717, 1.165) is 55.0 Å². The maximum absolute atomic E-state index is 10.6. The van der Waals surface area contributed by atoms with E-state index in [1.165, 1.54) is 71.1 Å². The van der Waals surface area contributed by atoms with E-state index < -0.39 is 0 Å². The Balaban J connectivity index is 1.53. The van der Waals surface area contributed by atoms with Crippen LogP contribution in [0.5, 0.6) is 0 Å². The number of nitrogens with zero attached hydrogens (tertiary/aromatic N) is 2. The molecule has 2 rings (SSSR count). The third-order valence-electron chi connectivity index (χ3n) is 7.94. The highest BCUT2D eigenvalue weighted by atomic mass is 16.3. The van der Waals surface area contributed by atoms with Gasteiger partial charge in [0.25, 0.3) is 0 Å². The van der Waals surface area contributed by atoms with Crippen LogP contribution >= 0.6 is 0 Å². The highest BCUT2D eigenvalue weighted by Gasteiger charge is 2.31. The largest absolute Gasteiger partial charge is 0.393 e. The molecule has 0 aromatic heterocycles. The lowest BCUT2D eigenvalue weighted by Gasteiger charge is -2.42. The van der Waals surface area contributed by atoms with Gasteiger partial charge in [-0.05, 0) is 82.8 Å². The van der Waals surface area contributed by atoms with Crippen LogP contribution in [-0.2, 0) is 0 Å². The first-order chi connectivity index (χ1) is 14.3. The highest BCUT2D eigenvalue weighted by molar-refractivity contribution is 4.72. The topological polar surface area (TPSA) is 43.7 Å². The molecular formula is C26H53N2O2+. The highest BCUT2D eigenvalue weighted by Crippen LogP contribution is 2.29. The number of unbranched alkanes of at least 4 members (excludes halogenated alkanes) is 1. The average Bonchev–Trinajstić information content (AvgIpc) is 2.68. The number of likely N-dealkylation sites (tertiary alicyclic amines) is 2. The molecule has 0 amide bonds. The van der Waals surface area contributed by atoms with Crippen molar-refractivity contribution in [1.82, 2.24) is 4.90 Å². The molecule has 0 aliphatic carbocycles. The first kappa shape index (κ1) is 26.1. The number of aliphatic hydroxyl groups is 2. The fourth-order valence-corrected chi connectivity index (χ4v) is 5.78. The summed E-state index contributed by atoms with van der Waals surface area (Å²) >= 11 is 0. The van der Waals surface area contributed by atoms with Crippen LogP contribution in [0, 0.1) is 17.8 Å². The summed E-state index contributed by atoms with van der Waals surface area (Å²) in [5.74, 6) is 2.46. The molecule has 30 heavy (non-hydrogen) atoms. The molecule has 2 aliphatic rings. The number of quaternary nitrogens is 1. The third-order valence-corrected chi connectivity index (χ3v) is 7.94. The van der Waals surface area contributed by atoms with Gasteiger partial charge in [-0.2, -0.15) is 0 Å². The summed E-state index contributed by atoms with van der Waals surface area (Å²) in [4.78, 5) is 2.47. The molecule has 2 atom stereocenters. The zero-order valence-corrected chi connectivity index (χ0v) is 20.7. The summed E-state index contributed by atoms with van der Waals surface area (Å²) in [7, 11) is 4.60. The van der Waals surface area contributed by atoms with Gasteiger partial charge in [0.2, 0.25) is 0 Å². The molecular weight excluding hydrogens is 372 g/mol. The van der Waals surface area contributed by atoms with Gasteiger partial charge in [0, 0.05) is 0 Å². The first-order valence-corrected chi connectivity index (χ1v) is 13.1. The van der Waals surface area contributed by atoms with Crippen LogP contribution in [0.1, 0.15) is 90.9 Å². The van der Waals surface area contributed by atoms with Gasteiger partial charge in [0.05, 0.1) is 26.2 Å². The van der Waals surface area contributed by atoms with Crippen LogP contribution in [0.2, 0.25) is 0 Å². The van der Waals surface area contributed by atoms with Crippen molar-refractivity contribution < 1.29 is 14.7 Å². The first-order valence-electron chi connectivity index (χ1n) is 13.1. The smallest absolute Gasteiger partial charge is 0.105 e. The summed E-state index contributed by atoms with van der Waals surface area (Å²) in [5, 5.41) is 20.6. The number of piperidine rings is 2. The standard InChI is InChI=1S/C26H53N2O2/c1-22(2)20-25(29)10-5-6-11-26(30)21-28(4)18-14-24(15-19-28)9-7-8-23-12-16-27(3)17-13-23/h22-26,29-30H,5-21H2,1-4H3/q+1. The maximum Gasteiger partial charge on any atom is 0.105 e. The molecule has 0 spiro atoms. The number of aliphatic hydroxyl groups excluding tert-OH is 2. The number of hydrogen-bond acceptors (Lipinski definition) is 3. The molecule has 2 unspecified atom stereocenters. The molecule has 178 valence electrons. The molecule has 4 heteroatoms. The second kappa shape index (κ2) is 13.4. The van der Waals surface area contributed by atoms with Crippen LogP contribution in [0.15, 0.2) is 0 Å². The van der Waals surface area contributed by atoms with Gasteiger partial charge in [0.1, 0.15) is 12.6 Å². The molecule has 0 radical (unpaired) electrons. The molecule has 0 bridgehead atoms. The van der Waals surface area contributed by atoms with E-state index in [1.54, 1.807) is 0 Å². The molecule has 2 aliphatic heterocycles. The van der Waals surface area contributed by atoms with E-state index in [-0.39, 0.29) is 12.2 Å². The molecule has 0 aromatic rings. The SMILES string of the molecule is CC(C)CC(O)CCCCC(O)C[N+]1(C)CCC(CCCC2CCN(C)CC2)CC1. The lowest BCUT2D eigenvalue weighted by molar-refractivity contribution is -0.918. The van der Waals surface area contributed by atoms with Gasteiger partial charge >= 0.3 is 0 Å². The minimum absolute atomic E-state index is 0.162. The minimum atomic E-state index is -0.182. The van der Waals surface area contributed by atoms with Gasteiger partial charge in [-0.25, -0.2) is 0 Å². The lowest BCUT2D eigenvalue weighted by Crippen LogP contribution is -2.53. The second-order valence-electron chi connectivity index (χ2n) is 11.6. The van der Waals surface area contributed by atoms with Crippen molar-refractivity contribution in [3.8, 4) is 0 Å². The van der Waals surface area contributed by atoms with Crippen LogP contribution < -0.4 is 0 Å². The summed E-state index contributed by atoms with van der Waals surface area (Å²) in [6, 6.07) is 0. The summed E-state index contributed by atoms with van der Waals surface area (Å²) in [5.41, 5.74) is 0. The molecule has 4 nitrogen and oxygen atoms in total. The van der Waals surface area contributed by atoms with E-state index in [9.17, 15) is 10.2 Å². The van der Waals surface area contributed by atoms with E-state index in [4.69, 9.17) is 0 Å². The summed E-state index contributed by atoms with van der Waals surface area (Å²) in [6.45, 7) is 10.3. The maximum atomic E-state index is 10.6.